The number of ether oxygens (including phenoxy) is 2. The number of nitrogens with zero attached hydrogens (tertiary/aromatic N) is 4. The second-order valence-electron chi connectivity index (χ2n) is 7.63. The van der Waals surface area contributed by atoms with Crippen molar-refractivity contribution in [3.63, 3.8) is 0 Å². The van der Waals surface area contributed by atoms with Crippen molar-refractivity contribution in [1.29, 1.82) is 0 Å². The number of benzene rings is 1. The van der Waals surface area contributed by atoms with Gasteiger partial charge in [0.1, 0.15) is 6.61 Å². The number of carbonyl (C=O) groups excluding carboxylic acids is 1. The summed E-state index contributed by atoms with van der Waals surface area (Å²) in [6, 6.07) is 10.3. The third kappa shape index (κ3) is 5.05. The standard InChI is InChI=1S/C23H24N4O5/c1-31-21-10-17(6-8-24-21)14-32-23(30)27-9-7-20-19(13-27)12-26(15-25-20)11-16-2-4-18(5-3-16)22(28)29/h2-6,8,10,15H,7,9,11-14H2,1H3,(H,28,29). The van der Waals surface area contributed by atoms with E-state index in [4.69, 9.17) is 14.6 Å². The highest BCUT2D eigenvalue weighted by Gasteiger charge is 2.26. The fourth-order valence-electron chi connectivity index (χ4n) is 3.68. The molecule has 0 aliphatic carbocycles. The molecule has 0 radical (unpaired) electrons. The van der Waals surface area contributed by atoms with E-state index in [2.05, 4.69) is 9.98 Å². The summed E-state index contributed by atoms with van der Waals surface area (Å²) < 4.78 is 10.6. The summed E-state index contributed by atoms with van der Waals surface area (Å²) in [5.41, 5.74) is 4.17. The Kier molecular flexibility index (Phi) is 6.34. The highest BCUT2D eigenvalue weighted by molar-refractivity contribution is 5.87. The molecular weight excluding hydrogens is 412 g/mol. The molecule has 1 amide bonds. The number of carboxylic acid groups (broad SMARTS) is 1. The van der Waals surface area contributed by atoms with Gasteiger partial charge in [-0.25, -0.2) is 19.6 Å². The van der Waals surface area contributed by atoms with Crippen molar-refractivity contribution >= 4 is 18.4 Å². The molecule has 0 fully saturated rings. The van der Waals surface area contributed by atoms with Gasteiger partial charge in [-0.1, -0.05) is 12.1 Å². The second kappa shape index (κ2) is 9.51. The van der Waals surface area contributed by atoms with Gasteiger partial charge < -0.3 is 24.4 Å². The lowest BCUT2D eigenvalue weighted by Crippen LogP contribution is -2.41. The Morgan fingerprint density at radius 2 is 1.94 bits per heavy atom. The van der Waals surface area contributed by atoms with Crippen molar-refractivity contribution in [2.75, 3.05) is 26.7 Å². The predicted octanol–water partition coefficient (Wildman–Crippen LogP) is 2.93. The highest BCUT2D eigenvalue weighted by Crippen LogP contribution is 2.24. The van der Waals surface area contributed by atoms with Crippen LogP contribution in [-0.2, 0) is 17.9 Å². The van der Waals surface area contributed by atoms with Gasteiger partial charge in [0.05, 0.1) is 19.0 Å². The molecule has 0 saturated heterocycles. The summed E-state index contributed by atoms with van der Waals surface area (Å²) in [7, 11) is 1.54. The van der Waals surface area contributed by atoms with Crippen molar-refractivity contribution in [2.45, 2.75) is 19.6 Å². The summed E-state index contributed by atoms with van der Waals surface area (Å²) in [5.74, 6) is -0.466. The van der Waals surface area contributed by atoms with Crippen LogP contribution in [-0.4, -0.2) is 65.0 Å². The van der Waals surface area contributed by atoms with Gasteiger partial charge in [0, 0.05) is 50.6 Å². The molecule has 1 N–H and O–H groups in total. The van der Waals surface area contributed by atoms with Crippen molar-refractivity contribution < 1.29 is 24.2 Å². The lowest BCUT2D eigenvalue weighted by Gasteiger charge is -2.34. The smallest absolute Gasteiger partial charge is 0.410 e. The number of methoxy groups -OCH3 is 1. The number of rotatable bonds is 6. The fourth-order valence-corrected chi connectivity index (χ4v) is 3.68. The van der Waals surface area contributed by atoms with E-state index in [9.17, 15) is 9.59 Å². The molecule has 0 spiro atoms. The molecule has 0 atom stereocenters. The van der Waals surface area contributed by atoms with Gasteiger partial charge in [-0.15, -0.1) is 0 Å². The third-order valence-electron chi connectivity index (χ3n) is 5.39. The van der Waals surface area contributed by atoms with E-state index in [0.29, 0.717) is 38.5 Å². The molecule has 32 heavy (non-hydrogen) atoms. The normalized spacial score (nSPS) is 15.4. The molecule has 4 rings (SSSR count). The lowest BCUT2D eigenvalue weighted by atomic mass is 10.0. The van der Waals surface area contributed by atoms with Gasteiger partial charge in [0.25, 0.3) is 0 Å². The van der Waals surface area contributed by atoms with Crippen LogP contribution in [0.1, 0.15) is 27.9 Å². The second-order valence-corrected chi connectivity index (χ2v) is 7.63. The minimum absolute atomic E-state index is 0.150. The van der Waals surface area contributed by atoms with Crippen LogP contribution in [0.15, 0.2) is 58.9 Å². The Labute approximate surface area is 185 Å². The predicted molar refractivity (Wildman–Crippen MR) is 116 cm³/mol. The number of aromatic nitrogens is 1. The third-order valence-corrected chi connectivity index (χ3v) is 5.39. The van der Waals surface area contributed by atoms with Crippen LogP contribution >= 0.6 is 0 Å². The Morgan fingerprint density at radius 1 is 1.12 bits per heavy atom. The largest absolute Gasteiger partial charge is 0.481 e. The van der Waals surface area contributed by atoms with Crippen LogP contribution in [0, 0.1) is 0 Å². The number of aliphatic imine (C=N–C) groups is 1. The van der Waals surface area contributed by atoms with Crippen LogP contribution in [0.5, 0.6) is 5.88 Å². The number of carbonyl (C=O) groups is 2. The van der Waals surface area contributed by atoms with Crippen molar-refractivity contribution in [1.82, 2.24) is 14.8 Å². The Hall–Kier alpha value is -3.88. The molecule has 2 aliphatic heterocycles. The number of amides is 1. The van der Waals surface area contributed by atoms with Crippen LogP contribution < -0.4 is 4.74 Å². The number of aromatic carboxylic acids is 1. The molecular formula is C23H24N4O5. The summed E-state index contributed by atoms with van der Waals surface area (Å²) in [5, 5.41) is 9.03. The van der Waals surface area contributed by atoms with Gasteiger partial charge in [-0.3, -0.25) is 0 Å². The molecule has 9 heteroatoms. The van der Waals surface area contributed by atoms with Gasteiger partial charge in [-0.2, -0.15) is 0 Å². The maximum Gasteiger partial charge on any atom is 0.410 e. The Morgan fingerprint density at radius 3 is 2.69 bits per heavy atom. The SMILES string of the molecule is COc1cc(COC(=O)N2CCC3=C(CN(Cc4ccc(C(=O)O)cc4)C=N3)C2)ccn1. The topological polar surface area (TPSA) is 105 Å². The zero-order valence-electron chi connectivity index (χ0n) is 17.7. The highest BCUT2D eigenvalue weighted by atomic mass is 16.6. The van der Waals surface area contributed by atoms with Gasteiger partial charge >= 0.3 is 12.1 Å². The lowest BCUT2D eigenvalue weighted by molar-refractivity contribution is 0.0696. The molecule has 9 nitrogen and oxygen atoms in total. The summed E-state index contributed by atoms with van der Waals surface area (Å²) in [4.78, 5) is 36.0. The number of hydrogen-bond acceptors (Lipinski definition) is 7. The zero-order chi connectivity index (χ0) is 22.5. The molecule has 0 bridgehead atoms. The molecule has 0 saturated carbocycles. The Bertz CT molecular complexity index is 1060. The quantitative estimate of drug-likeness (QED) is 0.742. The number of carboxylic acids is 1. The molecule has 2 aromatic rings. The van der Waals surface area contributed by atoms with E-state index in [1.54, 1.807) is 47.5 Å². The first kappa shape index (κ1) is 21.4. The molecule has 3 heterocycles. The van der Waals surface area contributed by atoms with Crippen LogP contribution in [0.4, 0.5) is 4.79 Å². The molecule has 1 aromatic heterocycles. The summed E-state index contributed by atoms with van der Waals surface area (Å²) in [6.07, 6.45) is 3.75. The van der Waals surface area contributed by atoms with Crippen molar-refractivity contribution in [3.8, 4) is 5.88 Å². The molecule has 1 aromatic carbocycles. The van der Waals surface area contributed by atoms with E-state index in [0.717, 1.165) is 22.4 Å². The van der Waals surface area contributed by atoms with Crippen LogP contribution in [0.3, 0.4) is 0 Å². The van der Waals surface area contributed by atoms with E-state index >= 15 is 0 Å². The number of hydrogen-bond donors (Lipinski definition) is 1. The van der Waals surface area contributed by atoms with E-state index in [1.165, 1.54) is 7.11 Å². The average molecular weight is 436 g/mol. The summed E-state index contributed by atoms with van der Waals surface area (Å²) >= 11 is 0. The monoisotopic (exact) mass is 436 g/mol. The van der Waals surface area contributed by atoms with E-state index < -0.39 is 5.97 Å². The van der Waals surface area contributed by atoms with Crippen molar-refractivity contribution in [3.05, 3.63) is 70.6 Å². The average Bonchev–Trinajstić information content (AvgIpc) is 2.82. The zero-order valence-corrected chi connectivity index (χ0v) is 17.7. The minimum atomic E-state index is -0.942. The van der Waals surface area contributed by atoms with Gasteiger partial charge in [0.2, 0.25) is 5.88 Å². The van der Waals surface area contributed by atoms with E-state index in [1.807, 2.05) is 11.2 Å². The molecule has 0 unspecified atom stereocenters. The van der Waals surface area contributed by atoms with Crippen LogP contribution in [0.2, 0.25) is 0 Å². The van der Waals surface area contributed by atoms with Gasteiger partial charge in [0.15, 0.2) is 0 Å². The fraction of sp³-hybridized carbons (Fsp3) is 0.304. The minimum Gasteiger partial charge on any atom is -0.481 e. The molecule has 2 aliphatic rings. The summed E-state index contributed by atoms with van der Waals surface area (Å²) in [6.45, 7) is 2.45. The molecule has 166 valence electrons. The first-order valence-corrected chi connectivity index (χ1v) is 10.2. The van der Waals surface area contributed by atoms with Crippen LogP contribution in [0.25, 0.3) is 0 Å². The van der Waals surface area contributed by atoms with E-state index in [-0.39, 0.29) is 18.3 Å². The Balaban J connectivity index is 1.32. The maximum absolute atomic E-state index is 12.6. The maximum atomic E-state index is 12.6. The van der Waals surface area contributed by atoms with Crippen molar-refractivity contribution in [2.24, 2.45) is 4.99 Å². The first-order valence-electron chi connectivity index (χ1n) is 10.2. The van der Waals surface area contributed by atoms with Gasteiger partial charge in [-0.05, 0) is 34.9 Å². The number of pyridine rings is 1. The first-order chi connectivity index (χ1) is 15.5.